The van der Waals surface area contributed by atoms with Crippen molar-refractivity contribution in [3.63, 3.8) is 0 Å². The lowest BCUT2D eigenvalue weighted by Gasteiger charge is -2.17. The lowest BCUT2D eigenvalue weighted by molar-refractivity contribution is -0.143. The van der Waals surface area contributed by atoms with E-state index in [0.717, 1.165) is 0 Å². The molecule has 0 radical (unpaired) electrons. The smallest absolute Gasteiger partial charge is 0.305 e. The molecule has 0 aliphatic rings. The highest BCUT2D eigenvalue weighted by molar-refractivity contribution is 14.0. The van der Waals surface area contributed by atoms with E-state index in [2.05, 4.69) is 15.6 Å². The van der Waals surface area contributed by atoms with E-state index in [-0.39, 0.29) is 41.9 Å². The number of carbonyl (C=O) groups is 1. The van der Waals surface area contributed by atoms with Crippen molar-refractivity contribution in [3.8, 4) is 5.75 Å². The van der Waals surface area contributed by atoms with Crippen LogP contribution in [-0.2, 0) is 9.53 Å². The number of carbonyl (C=O) groups excluding carboxylic acids is 1. The van der Waals surface area contributed by atoms with E-state index in [1.807, 2.05) is 6.92 Å². The Morgan fingerprint density at radius 3 is 2.76 bits per heavy atom. The van der Waals surface area contributed by atoms with Crippen molar-refractivity contribution >= 4 is 35.9 Å². The molecule has 0 aliphatic heterocycles. The number of guanidine groups is 1. The summed E-state index contributed by atoms with van der Waals surface area (Å²) >= 11 is 0. The Hall–Kier alpha value is -1.58. The van der Waals surface area contributed by atoms with E-state index in [4.69, 9.17) is 9.47 Å². The molecule has 0 aliphatic carbocycles. The zero-order valence-corrected chi connectivity index (χ0v) is 17.2. The number of benzene rings is 1. The monoisotopic (exact) mass is 467 g/mol. The molecule has 1 aromatic rings. The number of nitrogens with one attached hydrogen (secondary N) is 2. The average molecular weight is 467 g/mol. The van der Waals surface area contributed by atoms with Gasteiger partial charge in [-0.3, -0.25) is 9.79 Å². The van der Waals surface area contributed by atoms with Crippen molar-refractivity contribution in [1.29, 1.82) is 0 Å². The summed E-state index contributed by atoms with van der Waals surface area (Å²) in [7, 11) is 1.67. The van der Waals surface area contributed by atoms with Crippen LogP contribution < -0.4 is 15.4 Å². The van der Waals surface area contributed by atoms with Crippen molar-refractivity contribution in [3.05, 3.63) is 30.1 Å². The molecule has 0 heterocycles. The molecule has 1 aromatic carbocycles. The number of esters is 1. The van der Waals surface area contributed by atoms with E-state index < -0.39 is 0 Å². The molecule has 0 bridgehead atoms. The lowest BCUT2D eigenvalue weighted by Crippen LogP contribution is -2.42. The van der Waals surface area contributed by atoms with Crippen molar-refractivity contribution in [2.24, 2.45) is 4.99 Å². The molecule has 8 heteroatoms. The Morgan fingerprint density at radius 2 is 2.12 bits per heavy atom. The highest BCUT2D eigenvalue weighted by Gasteiger charge is 2.07. The molecule has 1 atom stereocenters. The maximum absolute atomic E-state index is 13.1. The van der Waals surface area contributed by atoms with Crippen LogP contribution in [0, 0.1) is 5.82 Å². The fourth-order valence-corrected chi connectivity index (χ4v) is 1.95. The van der Waals surface area contributed by atoms with Gasteiger partial charge in [-0.2, -0.15) is 0 Å². The first-order chi connectivity index (χ1) is 11.5. The second-order valence-corrected chi connectivity index (χ2v) is 5.17. The molecule has 25 heavy (non-hydrogen) atoms. The molecule has 0 saturated heterocycles. The Morgan fingerprint density at radius 1 is 1.36 bits per heavy atom. The molecule has 0 spiro atoms. The van der Waals surface area contributed by atoms with Gasteiger partial charge in [0.1, 0.15) is 17.7 Å². The van der Waals surface area contributed by atoms with E-state index in [1.165, 1.54) is 12.1 Å². The Balaban J connectivity index is 0.00000576. The van der Waals surface area contributed by atoms with Gasteiger partial charge in [0.15, 0.2) is 5.96 Å². The van der Waals surface area contributed by atoms with Gasteiger partial charge in [0.2, 0.25) is 0 Å². The van der Waals surface area contributed by atoms with Crippen LogP contribution in [0.4, 0.5) is 4.39 Å². The lowest BCUT2D eigenvalue weighted by atomic mass is 10.3. The Labute approximate surface area is 165 Å². The normalized spacial score (nSPS) is 11.9. The van der Waals surface area contributed by atoms with E-state index in [0.29, 0.717) is 44.2 Å². The van der Waals surface area contributed by atoms with Gasteiger partial charge in [-0.1, -0.05) is 6.07 Å². The number of rotatable bonds is 9. The van der Waals surface area contributed by atoms with Gasteiger partial charge in [0.25, 0.3) is 0 Å². The van der Waals surface area contributed by atoms with Gasteiger partial charge in [-0.25, -0.2) is 4.39 Å². The van der Waals surface area contributed by atoms with Gasteiger partial charge >= 0.3 is 5.97 Å². The third kappa shape index (κ3) is 10.8. The van der Waals surface area contributed by atoms with Gasteiger partial charge in [0, 0.05) is 26.1 Å². The van der Waals surface area contributed by atoms with Crippen LogP contribution in [0.1, 0.15) is 26.7 Å². The molecule has 0 saturated carbocycles. The van der Waals surface area contributed by atoms with Crippen molar-refractivity contribution in [2.45, 2.75) is 32.8 Å². The van der Waals surface area contributed by atoms with Crippen LogP contribution in [0.5, 0.6) is 5.75 Å². The van der Waals surface area contributed by atoms with Gasteiger partial charge in [-0.15, -0.1) is 24.0 Å². The molecule has 0 fully saturated rings. The van der Waals surface area contributed by atoms with Crippen LogP contribution in [-0.4, -0.2) is 44.8 Å². The fraction of sp³-hybridized carbons (Fsp3) is 0.529. The number of ether oxygens (including phenoxy) is 2. The maximum atomic E-state index is 13.1. The van der Waals surface area contributed by atoms with E-state index in [9.17, 15) is 9.18 Å². The van der Waals surface area contributed by atoms with Crippen molar-refractivity contribution in [2.75, 3.05) is 26.7 Å². The van der Waals surface area contributed by atoms with Crippen LogP contribution in [0.2, 0.25) is 0 Å². The largest absolute Gasteiger partial charge is 0.489 e. The first-order valence-electron chi connectivity index (χ1n) is 8.07. The van der Waals surface area contributed by atoms with Gasteiger partial charge < -0.3 is 20.1 Å². The minimum absolute atomic E-state index is 0. The standard InChI is InChI=1S/C17H26FN3O3.HI/c1-4-23-16(22)9-6-10-20-17(19-3)21-12-13(2)24-15-8-5-7-14(18)11-15;/h5,7-8,11,13H,4,6,9-10,12H2,1-3H3,(H2,19,20,21);1H. The van der Waals surface area contributed by atoms with Crippen LogP contribution in [0.3, 0.4) is 0 Å². The first-order valence-corrected chi connectivity index (χ1v) is 8.07. The molecule has 1 unspecified atom stereocenters. The Bertz CT molecular complexity index is 544. The first kappa shape index (κ1) is 23.4. The third-order valence-electron chi connectivity index (χ3n) is 3.07. The van der Waals surface area contributed by atoms with E-state index >= 15 is 0 Å². The highest BCUT2D eigenvalue weighted by Crippen LogP contribution is 2.13. The second kappa shape index (κ2) is 13.7. The number of nitrogens with zero attached hydrogens (tertiary/aromatic N) is 1. The second-order valence-electron chi connectivity index (χ2n) is 5.17. The molecule has 0 amide bonds. The van der Waals surface area contributed by atoms with Crippen LogP contribution >= 0.6 is 24.0 Å². The summed E-state index contributed by atoms with van der Waals surface area (Å²) in [4.78, 5) is 15.3. The summed E-state index contributed by atoms with van der Waals surface area (Å²) in [5.74, 6) is 0.585. The molecule has 2 N–H and O–H groups in total. The predicted molar refractivity (Wildman–Crippen MR) is 107 cm³/mol. The summed E-state index contributed by atoms with van der Waals surface area (Å²) in [5, 5.41) is 6.23. The average Bonchev–Trinajstić information content (AvgIpc) is 2.54. The number of aliphatic imine (C=N–C) groups is 1. The maximum Gasteiger partial charge on any atom is 0.305 e. The number of hydrogen-bond acceptors (Lipinski definition) is 4. The quantitative estimate of drug-likeness (QED) is 0.192. The number of hydrogen-bond donors (Lipinski definition) is 2. The molecular formula is C17H27FIN3O3. The summed E-state index contributed by atoms with van der Waals surface area (Å²) in [6.45, 7) is 5.19. The summed E-state index contributed by atoms with van der Waals surface area (Å²) in [5.41, 5.74) is 0. The fourth-order valence-electron chi connectivity index (χ4n) is 1.95. The highest BCUT2D eigenvalue weighted by atomic mass is 127. The van der Waals surface area contributed by atoms with Gasteiger partial charge in [0.05, 0.1) is 13.2 Å². The van der Waals surface area contributed by atoms with Gasteiger partial charge in [-0.05, 0) is 32.4 Å². The number of halogens is 2. The SMILES string of the molecule is CCOC(=O)CCCNC(=NC)NCC(C)Oc1cccc(F)c1.I. The zero-order chi connectivity index (χ0) is 17.8. The Kier molecular flexibility index (Phi) is 12.8. The third-order valence-corrected chi connectivity index (χ3v) is 3.07. The molecule has 0 aromatic heterocycles. The summed E-state index contributed by atoms with van der Waals surface area (Å²) in [6, 6.07) is 6.04. The zero-order valence-electron chi connectivity index (χ0n) is 14.9. The van der Waals surface area contributed by atoms with Crippen molar-refractivity contribution < 1.29 is 18.7 Å². The molecule has 6 nitrogen and oxygen atoms in total. The summed E-state index contributed by atoms with van der Waals surface area (Å²) < 4.78 is 23.6. The van der Waals surface area contributed by atoms with E-state index in [1.54, 1.807) is 26.1 Å². The minimum Gasteiger partial charge on any atom is -0.489 e. The van der Waals surface area contributed by atoms with Crippen LogP contribution in [0.25, 0.3) is 0 Å². The van der Waals surface area contributed by atoms with Crippen molar-refractivity contribution in [1.82, 2.24) is 10.6 Å². The minimum atomic E-state index is -0.327. The van der Waals surface area contributed by atoms with Crippen LogP contribution in [0.15, 0.2) is 29.3 Å². The topological polar surface area (TPSA) is 72.0 Å². The summed E-state index contributed by atoms with van der Waals surface area (Å²) in [6.07, 6.45) is 0.871. The predicted octanol–water partition coefficient (Wildman–Crippen LogP) is 2.72. The molecule has 142 valence electrons. The molecule has 1 rings (SSSR count). The molecular weight excluding hydrogens is 440 g/mol.